The van der Waals surface area contributed by atoms with Crippen LogP contribution < -0.4 is 11.1 Å². The first-order valence-electron chi connectivity index (χ1n) is 7.95. The van der Waals surface area contributed by atoms with Crippen molar-refractivity contribution >= 4 is 38.8 Å². The van der Waals surface area contributed by atoms with Crippen molar-refractivity contribution in [3.8, 4) is 11.3 Å². The molecule has 6 nitrogen and oxygen atoms in total. The minimum atomic E-state index is -3.34. The molecule has 0 saturated carbocycles. The number of nitrogens with zero attached hydrogens (tertiary/aromatic N) is 2. The van der Waals surface area contributed by atoms with Gasteiger partial charge < -0.3 is 11.1 Å². The molecule has 0 aliphatic carbocycles. The Kier molecular flexibility index (Phi) is 5.43. The molecule has 3 rings (SSSR count). The maximum Gasteiger partial charge on any atom is 0.198 e. The molecule has 3 aromatic rings. The zero-order valence-electron chi connectivity index (χ0n) is 14.4. The first-order chi connectivity index (χ1) is 12.8. The van der Waals surface area contributed by atoms with E-state index < -0.39 is 9.84 Å². The number of rotatable bonds is 4. The summed E-state index contributed by atoms with van der Waals surface area (Å²) in [5.41, 5.74) is 8.85. The highest BCUT2D eigenvalue weighted by Crippen LogP contribution is 2.28. The number of halogens is 1. The van der Waals surface area contributed by atoms with Gasteiger partial charge in [0.15, 0.2) is 15.8 Å². The molecule has 1 heterocycles. The van der Waals surface area contributed by atoms with Gasteiger partial charge in [0.25, 0.3) is 0 Å². The lowest BCUT2D eigenvalue weighted by molar-refractivity contribution is 0.602. The number of aromatic nitrogens is 1. The molecule has 3 N–H and O–H groups in total. The Bertz CT molecular complexity index is 1100. The molecule has 0 amide bonds. The van der Waals surface area contributed by atoms with E-state index in [9.17, 15) is 8.42 Å². The number of aliphatic imine (C=N–C) groups is 1. The number of benzene rings is 2. The molecule has 0 fully saturated rings. The molecular weight excluding hydrogens is 384 g/mol. The summed E-state index contributed by atoms with van der Waals surface area (Å²) in [4.78, 5) is 8.67. The van der Waals surface area contributed by atoms with Gasteiger partial charge in [-0.1, -0.05) is 29.8 Å². The number of pyridine rings is 1. The largest absolute Gasteiger partial charge is 0.369 e. The van der Waals surface area contributed by atoms with Gasteiger partial charge in [0.1, 0.15) is 0 Å². The summed E-state index contributed by atoms with van der Waals surface area (Å²) in [6, 6.07) is 17.6. The first kappa shape index (κ1) is 18.9. The molecule has 138 valence electrons. The van der Waals surface area contributed by atoms with Crippen LogP contribution in [0.25, 0.3) is 11.3 Å². The average Bonchev–Trinajstić information content (AvgIpc) is 2.63. The van der Waals surface area contributed by atoms with Crippen molar-refractivity contribution < 1.29 is 8.42 Å². The monoisotopic (exact) mass is 400 g/mol. The van der Waals surface area contributed by atoms with Crippen LogP contribution in [0.15, 0.2) is 76.7 Å². The highest BCUT2D eigenvalue weighted by molar-refractivity contribution is 7.90. The van der Waals surface area contributed by atoms with Crippen LogP contribution in [-0.4, -0.2) is 25.6 Å². The predicted molar refractivity (Wildman–Crippen MR) is 109 cm³/mol. The van der Waals surface area contributed by atoms with Crippen LogP contribution in [0.5, 0.6) is 0 Å². The second-order valence-electron chi connectivity index (χ2n) is 5.80. The van der Waals surface area contributed by atoms with E-state index in [0.717, 1.165) is 23.2 Å². The van der Waals surface area contributed by atoms with Crippen LogP contribution in [0.2, 0.25) is 5.02 Å². The van der Waals surface area contributed by atoms with Crippen LogP contribution >= 0.6 is 11.6 Å². The molecule has 0 unspecified atom stereocenters. The third-order valence-electron chi connectivity index (χ3n) is 3.68. The number of nitrogens with two attached hydrogens (primary N) is 1. The Balaban J connectivity index is 1.82. The van der Waals surface area contributed by atoms with E-state index in [4.69, 9.17) is 17.3 Å². The van der Waals surface area contributed by atoms with E-state index in [1.807, 2.05) is 42.5 Å². The van der Waals surface area contributed by atoms with Gasteiger partial charge in [-0.3, -0.25) is 4.98 Å². The fraction of sp³-hybridized carbons (Fsp3) is 0.0526. The SMILES string of the molecule is CS(=O)(=O)c1ccc(N=C(N)Nc2cccc(-c3ccccn3)c2)c(Cl)c1. The van der Waals surface area contributed by atoms with Crippen molar-refractivity contribution in [1.29, 1.82) is 0 Å². The lowest BCUT2D eigenvalue weighted by Gasteiger charge is -2.08. The molecule has 8 heteroatoms. The molecule has 0 bridgehead atoms. The number of hydrogen-bond acceptors (Lipinski definition) is 4. The topological polar surface area (TPSA) is 97.4 Å². The van der Waals surface area contributed by atoms with Crippen molar-refractivity contribution in [2.45, 2.75) is 4.90 Å². The zero-order chi connectivity index (χ0) is 19.4. The van der Waals surface area contributed by atoms with Gasteiger partial charge in [0.2, 0.25) is 0 Å². The Hall–Kier alpha value is -2.90. The summed E-state index contributed by atoms with van der Waals surface area (Å²) in [5.74, 6) is 0.127. The highest BCUT2D eigenvalue weighted by atomic mass is 35.5. The van der Waals surface area contributed by atoms with E-state index in [2.05, 4.69) is 15.3 Å². The molecule has 0 aliphatic rings. The van der Waals surface area contributed by atoms with E-state index in [0.29, 0.717) is 5.69 Å². The highest BCUT2D eigenvalue weighted by Gasteiger charge is 2.10. The number of guanidine groups is 1. The van der Waals surface area contributed by atoms with E-state index in [1.54, 1.807) is 6.20 Å². The minimum Gasteiger partial charge on any atom is -0.369 e. The van der Waals surface area contributed by atoms with Crippen LogP contribution in [0, 0.1) is 0 Å². The van der Waals surface area contributed by atoms with Gasteiger partial charge in [-0.2, -0.15) is 0 Å². The molecule has 0 aliphatic heterocycles. The molecule has 2 aromatic carbocycles. The standard InChI is InChI=1S/C19H17ClN4O2S/c1-27(25,26)15-8-9-18(16(20)12-15)24-19(21)23-14-6-4-5-13(11-14)17-7-2-3-10-22-17/h2-12H,1H3,(H3,21,23,24). The third kappa shape index (κ3) is 4.84. The second kappa shape index (κ2) is 7.77. The maximum atomic E-state index is 11.6. The minimum absolute atomic E-state index is 0.126. The lowest BCUT2D eigenvalue weighted by Crippen LogP contribution is -2.21. The predicted octanol–water partition coefficient (Wildman–Crippen LogP) is 3.86. The van der Waals surface area contributed by atoms with Crippen molar-refractivity contribution in [3.63, 3.8) is 0 Å². The molecule has 27 heavy (non-hydrogen) atoms. The lowest BCUT2D eigenvalue weighted by atomic mass is 10.1. The van der Waals surface area contributed by atoms with Gasteiger partial charge in [-0.15, -0.1) is 0 Å². The van der Waals surface area contributed by atoms with Gasteiger partial charge in [0, 0.05) is 23.7 Å². The third-order valence-corrected chi connectivity index (χ3v) is 5.10. The fourth-order valence-electron chi connectivity index (χ4n) is 2.40. The van der Waals surface area contributed by atoms with Gasteiger partial charge >= 0.3 is 0 Å². The van der Waals surface area contributed by atoms with Gasteiger partial charge in [-0.05, 0) is 42.5 Å². The molecular formula is C19H17ClN4O2S. The Labute approximate surface area is 162 Å². The average molecular weight is 401 g/mol. The Morgan fingerprint density at radius 2 is 1.93 bits per heavy atom. The van der Waals surface area contributed by atoms with E-state index in [-0.39, 0.29) is 15.9 Å². The van der Waals surface area contributed by atoms with Gasteiger partial charge in [-0.25, -0.2) is 13.4 Å². The molecule has 1 aromatic heterocycles. The van der Waals surface area contributed by atoms with Crippen molar-refractivity contribution in [3.05, 3.63) is 71.9 Å². The maximum absolute atomic E-state index is 11.6. The van der Waals surface area contributed by atoms with Crippen molar-refractivity contribution in [2.24, 2.45) is 10.7 Å². The molecule has 0 atom stereocenters. The number of hydrogen-bond donors (Lipinski definition) is 2. The fourth-order valence-corrected chi connectivity index (χ4v) is 3.34. The summed E-state index contributed by atoms with van der Waals surface area (Å²) in [7, 11) is -3.34. The Morgan fingerprint density at radius 1 is 1.11 bits per heavy atom. The summed E-state index contributed by atoms with van der Waals surface area (Å²) in [6.07, 6.45) is 2.85. The number of nitrogens with one attached hydrogen (secondary N) is 1. The van der Waals surface area contributed by atoms with E-state index >= 15 is 0 Å². The summed E-state index contributed by atoms with van der Waals surface area (Å²) >= 11 is 6.12. The van der Waals surface area contributed by atoms with Crippen LogP contribution in [0.1, 0.15) is 0 Å². The van der Waals surface area contributed by atoms with E-state index in [1.165, 1.54) is 18.2 Å². The summed E-state index contributed by atoms with van der Waals surface area (Å²) in [6.45, 7) is 0. The first-order valence-corrected chi connectivity index (χ1v) is 10.2. The summed E-state index contributed by atoms with van der Waals surface area (Å²) in [5, 5.41) is 3.19. The van der Waals surface area contributed by atoms with Crippen molar-refractivity contribution in [1.82, 2.24) is 4.98 Å². The van der Waals surface area contributed by atoms with Crippen LogP contribution in [-0.2, 0) is 9.84 Å². The zero-order valence-corrected chi connectivity index (χ0v) is 16.0. The smallest absolute Gasteiger partial charge is 0.198 e. The molecule has 0 radical (unpaired) electrons. The molecule has 0 spiro atoms. The normalized spacial score (nSPS) is 12.0. The number of sulfone groups is 1. The quantitative estimate of drug-likeness (QED) is 0.511. The van der Waals surface area contributed by atoms with Crippen LogP contribution in [0.4, 0.5) is 11.4 Å². The van der Waals surface area contributed by atoms with Gasteiger partial charge in [0.05, 0.1) is 21.3 Å². The van der Waals surface area contributed by atoms with Crippen LogP contribution in [0.3, 0.4) is 0 Å². The molecule has 0 saturated heterocycles. The Morgan fingerprint density at radius 3 is 2.59 bits per heavy atom. The summed E-state index contributed by atoms with van der Waals surface area (Å²) < 4.78 is 23.1. The number of anilines is 1. The second-order valence-corrected chi connectivity index (χ2v) is 8.23. The van der Waals surface area contributed by atoms with Crippen molar-refractivity contribution in [2.75, 3.05) is 11.6 Å².